The fourth-order valence-corrected chi connectivity index (χ4v) is 2.76. The monoisotopic (exact) mass is 262 g/mol. The minimum absolute atomic E-state index is 0.295. The van der Waals surface area contributed by atoms with Crippen molar-refractivity contribution in [3.63, 3.8) is 0 Å². The maximum Gasteiger partial charge on any atom is 0.186 e. The van der Waals surface area contributed by atoms with Crippen LogP contribution in [0.4, 0.5) is 5.13 Å². The summed E-state index contributed by atoms with van der Waals surface area (Å²) in [5, 5.41) is 10.0. The highest BCUT2D eigenvalue weighted by Crippen LogP contribution is 2.30. The molecule has 0 aromatic carbocycles. The van der Waals surface area contributed by atoms with Gasteiger partial charge in [-0.1, -0.05) is 11.3 Å². The van der Waals surface area contributed by atoms with Gasteiger partial charge in [-0.2, -0.15) is 0 Å². The highest BCUT2D eigenvalue weighted by Gasteiger charge is 2.23. The molecule has 2 rings (SSSR count). The molecule has 2 heterocycles. The van der Waals surface area contributed by atoms with Crippen molar-refractivity contribution in [3.8, 4) is 0 Å². The average Bonchev–Trinajstić information content (AvgIpc) is 2.71. The number of halogens is 1. The smallest absolute Gasteiger partial charge is 0.186 e. The summed E-state index contributed by atoms with van der Waals surface area (Å²) in [5.41, 5.74) is 0. The van der Waals surface area contributed by atoms with Gasteiger partial charge in [-0.3, -0.25) is 0 Å². The SMILES string of the molecule is OC[C@@H]1CCN(c2ncc(Br)s2)C1. The van der Waals surface area contributed by atoms with Crippen LogP contribution in [0, 0.1) is 5.92 Å². The number of thiazole rings is 1. The summed E-state index contributed by atoms with van der Waals surface area (Å²) in [5.74, 6) is 0.433. The number of anilines is 1. The summed E-state index contributed by atoms with van der Waals surface area (Å²) in [4.78, 5) is 6.51. The van der Waals surface area contributed by atoms with Crippen LogP contribution in [0.2, 0.25) is 0 Å². The van der Waals surface area contributed by atoms with Crippen LogP contribution in [0.15, 0.2) is 9.98 Å². The maximum absolute atomic E-state index is 8.98. The predicted molar refractivity (Wildman–Crippen MR) is 57.2 cm³/mol. The summed E-state index contributed by atoms with van der Waals surface area (Å²) in [6, 6.07) is 0. The Labute approximate surface area is 89.5 Å². The molecule has 5 heteroatoms. The Balaban J connectivity index is 2.03. The van der Waals surface area contributed by atoms with Crippen LogP contribution in [0.25, 0.3) is 0 Å². The normalized spacial score (nSPS) is 22.6. The summed E-state index contributed by atoms with van der Waals surface area (Å²) in [6.07, 6.45) is 2.90. The second-order valence-electron chi connectivity index (χ2n) is 3.23. The van der Waals surface area contributed by atoms with Crippen LogP contribution >= 0.6 is 27.3 Å². The Morgan fingerprint density at radius 3 is 3.15 bits per heavy atom. The lowest BCUT2D eigenvalue weighted by molar-refractivity contribution is 0.238. The van der Waals surface area contributed by atoms with Crippen LogP contribution in [-0.2, 0) is 0 Å². The molecule has 13 heavy (non-hydrogen) atoms. The quantitative estimate of drug-likeness (QED) is 0.882. The molecular weight excluding hydrogens is 252 g/mol. The first-order valence-electron chi connectivity index (χ1n) is 4.26. The first-order chi connectivity index (χ1) is 6.29. The molecule has 1 atom stereocenters. The van der Waals surface area contributed by atoms with Gasteiger partial charge in [0.2, 0.25) is 0 Å². The Bertz CT molecular complexity index is 291. The van der Waals surface area contributed by atoms with Gasteiger partial charge in [0.25, 0.3) is 0 Å². The third-order valence-electron chi connectivity index (χ3n) is 2.28. The van der Waals surface area contributed by atoms with E-state index >= 15 is 0 Å². The molecule has 1 aliphatic rings. The zero-order chi connectivity index (χ0) is 9.26. The lowest BCUT2D eigenvalue weighted by atomic mass is 10.1. The van der Waals surface area contributed by atoms with E-state index < -0.39 is 0 Å². The van der Waals surface area contributed by atoms with Crippen molar-refractivity contribution in [2.75, 3.05) is 24.6 Å². The Hall–Kier alpha value is -0.130. The van der Waals surface area contributed by atoms with Gasteiger partial charge in [0.1, 0.15) is 0 Å². The molecular formula is C8H11BrN2OS. The van der Waals surface area contributed by atoms with E-state index in [2.05, 4.69) is 25.8 Å². The number of aliphatic hydroxyl groups excluding tert-OH is 1. The van der Waals surface area contributed by atoms with Crippen molar-refractivity contribution in [2.45, 2.75) is 6.42 Å². The molecule has 1 saturated heterocycles. The standard InChI is InChI=1S/C8H11BrN2OS/c9-7-3-10-8(13-7)11-2-1-6(4-11)5-12/h3,6,12H,1-2,4-5H2/t6-/m1/s1. The molecule has 1 fully saturated rings. The Morgan fingerprint density at radius 2 is 2.62 bits per heavy atom. The van der Waals surface area contributed by atoms with Crippen LogP contribution in [0.5, 0.6) is 0 Å². The average molecular weight is 263 g/mol. The molecule has 1 aromatic heterocycles. The minimum Gasteiger partial charge on any atom is -0.396 e. The van der Waals surface area contributed by atoms with Crippen molar-refractivity contribution in [1.29, 1.82) is 0 Å². The van der Waals surface area contributed by atoms with Crippen LogP contribution in [0.3, 0.4) is 0 Å². The van der Waals surface area contributed by atoms with Gasteiger partial charge in [0, 0.05) is 25.6 Å². The van der Waals surface area contributed by atoms with E-state index in [9.17, 15) is 0 Å². The molecule has 0 saturated carbocycles. The van der Waals surface area contributed by atoms with Gasteiger partial charge in [-0.15, -0.1) is 0 Å². The van der Waals surface area contributed by atoms with E-state index in [4.69, 9.17) is 5.11 Å². The molecule has 0 unspecified atom stereocenters. The summed E-state index contributed by atoms with van der Waals surface area (Å²) in [6.45, 7) is 2.25. The van der Waals surface area contributed by atoms with Crippen LogP contribution in [0.1, 0.15) is 6.42 Å². The molecule has 1 aliphatic heterocycles. The molecule has 0 spiro atoms. The second-order valence-corrected chi connectivity index (χ2v) is 5.62. The van der Waals surface area contributed by atoms with E-state index in [1.165, 1.54) is 0 Å². The minimum atomic E-state index is 0.295. The van der Waals surface area contributed by atoms with E-state index in [0.29, 0.717) is 12.5 Å². The van der Waals surface area contributed by atoms with Crippen molar-refractivity contribution in [2.24, 2.45) is 5.92 Å². The molecule has 0 aliphatic carbocycles. The molecule has 0 radical (unpaired) electrons. The summed E-state index contributed by atoms with van der Waals surface area (Å²) in [7, 11) is 0. The third-order valence-corrected chi connectivity index (χ3v) is 3.82. The van der Waals surface area contributed by atoms with Crippen molar-refractivity contribution in [3.05, 3.63) is 9.98 Å². The molecule has 0 bridgehead atoms. The van der Waals surface area contributed by atoms with E-state index in [1.807, 2.05) is 6.20 Å². The van der Waals surface area contributed by atoms with Crippen molar-refractivity contribution in [1.82, 2.24) is 4.98 Å². The Kier molecular flexibility index (Phi) is 2.86. The molecule has 1 aromatic rings. The lowest BCUT2D eigenvalue weighted by Gasteiger charge is -2.13. The lowest BCUT2D eigenvalue weighted by Crippen LogP contribution is -2.20. The van der Waals surface area contributed by atoms with Gasteiger partial charge in [0.15, 0.2) is 5.13 Å². The first kappa shape index (κ1) is 9.43. The van der Waals surface area contributed by atoms with Gasteiger partial charge in [-0.25, -0.2) is 4.98 Å². The Morgan fingerprint density at radius 1 is 1.77 bits per heavy atom. The fraction of sp³-hybridized carbons (Fsp3) is 0.625. The van der Waals surface area contributed by atoms with Crippen LogP contribution in [-0.4, -0.2) is 29.8 Å². The number of nitrogens with zero attached hydrogens (tertiary/aromatic N) is 2. The largest absolute Gasteiger partial charge is 0.396 e. The second kappa shape index (κ2) is 3.94. The zero-order valence-electron chi connectivity index (χ0n) is 7.11. The van der Waals surface area contributed by atoms with E-state index in [0.717, 1.165) is 28.4 Å². The highest BCUT2D eigenvalue weighted by molar-refractivity contribution is 9.11. The predicted octanol–water partition coefficient (Wildman–Crippen LogP) is 1.72. The molecule has 1 N–H and O–H groups in total. The topological polar surface area (TPSA) is 36.4 Å². The third kappa shape index (κ3) is 2.03. The highest BCUT2D eigenvalue weighted by atomic mass is 79.9. The number of aromatic nitrogens is 1. The molecule has 3 nitrogen and oxygen atoms in total. The van der Waals surface area contributed by atoms with E-state index in [1.54, 1.807) is 11.3 Å². The molecule has 72 valence electrons. The zero-order valence-corrected chi connectivity index (χ0v) is 9.51. The first-order valence-corrected chi connectivity index (χ1v) is 5.87. The van der Waals surface area contributed by atoms with Crippen LogP contribution < -0.4 is 4.90 Å². The van der Waals surface area contributed by atoms with Crippen molar-refractivity contribution >= 4 is 32.4 Å². The van der Waals surface area contributed by atoms with Gasteiger partial charge in [-0.05, 0) is 22.4 Å². The van der Waals surface area contributed by atoms with Gasteiger partial charge >= 0.3 is 0 Å². The van der Waals surface area contributed by atoms with Gasteiger partial charge < -0.3 is 10.0 Å². The number of aliphatic hydroxyl groups is 1. The number of hydrogen-bond acceptors (Lipinski definition) is 4. The van der Waals surface area contributed by atoms with Gasteiger partial charge in [0.05, 0.1) is 9.98 Å². The summed E-state index contributed by atoms with van der Waals surface area (Å²) >= 11 is 5.04. The maximum atomic E-state index is 8.98. The number of hydrogen-bond donors (Lipinski definition) is 1. The fourth-order valence-electron chi connectivity index (χ4n) is 1.55. The number of rotatable bonds is 2. The summed E-state index contributed by atoms with van der Waals surface area (Å²) < 4.78 is 1.06. The van der Waals surface area contributed by atoms with E-state index in [-0.39, 0.29) is 0 Å². The molecule has 0 amide bonds. The van der Waals surface area contributed by atoms with Crippen molar-refractivity contribution < 1.29 is 5.11 Å².